The molecule has 0 radical (unpaired) electrons. The number of para-hydroxylation sites is 2. The zero-order valence-corrected chi connectivity index (χ0v) is 29.7. The fourth-order valence-corrected chi connectivity index (χ4v) is 10.4. The number of thiophene rings is 2. The molecule has 2 nitrogen and oxygen atoms in total. The number of benzene rings is 8. The lowest BCUT2D eigenvalue weighted by atomic mass is 10.0. The second kappa shape index (κ2) is 11.7. The van der Waals surface area contributed by atoms with Crippen LogP contribution in [0.3, 0.4) is 0 Å². The van der Waals surface area contributed by atoms with Crippen molar-refractivity contribution < 1.29 is 0 Å². The molecule has 52 heavy (non-hydrogen) atoms. The summed E-state index contributed by atoms with van der Waals surface area (Å²) in [7, 11) is 0. The fourth-order valence-electron chi connectivity index (χ4n) is 8.04. The first kappa shape index (κ1) is 29.5. The van der Waals surface area contributed by atoms with Crippen LogP contribution < -0.4 is 4.90 Å². The predicted octanol–water partition coefficient (Wildman–Crippen LogP) is 14.7. The van der Waals surface area contributed by atoms with Gasteiger partial charge in [0.05, 0.1) is 21.4 Å². The first-order chi connectivity index (χ1) is 25.8. The third-order valence-electron chi connectivity index (χ3n) is 10.4. The van der Waals surface area contributed by atoms with Gasteiger partial charge in [0.15, 0.2) is 0 Å². The maximum absolute atomic E-state index is 2.46. The highest BCUT2D eigenvalue weighted by atomic mass is 32.1. The van der Waals surface area contributed by atoms with Crippen LogP contribution in [-0.4, -0.2) is 4.57 Å². The molecule has 0 amide bonds. The average molecular weight is 699 g/mol. The van der Waals surface area contributed by atoms with Gasteiger partial charge in [-0.2, -0.15) is 0 Å². The third kappa shape index (κ3) is 4.55. The van der Waals surface area contributed by atoms with Gasteiger partial charge in [-0.25, -0.2) is 0 Å². The summed E-state index contributed by atoms with van der Waals surface area (Å²) in [5.74, 6) is 0. The normalized spacial score (nSPS) is 11.8. The van der Waals surface area contributed by atoms with E-state index in [2.05, 4.69) is 191 Å². The molecule has 0 aliphatic heterocycles. The summed E-state index contributed by atoms with van der Waals surface area (Å²) in [6.07, 6.45) is 0. The van der Waals surface area contributed by atoms with Gasteiger partial charge in [0.1, 0.15) is 0 Å². The molecule has 0 N–H and O–H groups in total. The Morgan fingerprint density at radius 1 is 0.365 bits per heavy atom. The second-order valence-corrected chi connectivity index (χ2v) is 15.5. The van der Waals surface area contributed by atoms with Crippen molar-refractivity contribution in [3.05, 3.63) is 182 Å². The van der Waals surface area contributed by atoms with Crippen LogP contribution in [0.2, 0.25) is 0 Å². The van der Waals surface area contributed by atoms with Crippen LogP contribution in [0.1, 0.15) is 0 Å². The van der Waals surface area contributed by atoms with Gasteiger partial charge in [0.2, 0.25) is 0 Å². The van der Waals surface area contributed by atoms with Gasteiger partial charge in [-0.1, -0.05) is 115 Å². The van der Waals surface area contributed by atoms with E-state index in [0.29, 0.717) is 0 Å². The molecule has 0 aliphatic carbocycles. The second-order valence-electron chi connectivity index (χ2n) is 13.3. The van der Waals surface area contributed by atoms with Crippen LogP contribution in [0.25, 0.3) is 79.0 Å². The highest BCUT2D eigenvalue weighted by molar-refractivity contribution is 7.26. The SMILES string of the molecule is c1cc(-c2cccc(-n3c4ccccc4c4ccccc43)c2)cc(N(c2ccc3c(c2)sc2ccccc23)c2cccc3c2sc2ccccc23)c1. The van der Waals surface area contributed by atoms with Crippen LogP contribution in [0, 0.1) is 0 Å². The number of hydrogen-bond donors (Lipinski definition) is 0. The predicted molar refractivity (Wildman–Crippen MR) is 227 cm³/mol. The molecule has 0 fully saturated rings. The minimum atomic E-state index is 1.13. The topological polar surface area (TPSA) is 8.17 Å². The molecule has 8 aromatic carbocycles. The number of nitrogens with zero attached hydrogens (tertiary/aromatic N) is 2. The molecule has 4 heteroatoms. The molecule has 0 atom stereocenters. The minimum absolute atomic E-state index is 1.13. The van der Waals surface area contributed by atoms with Gasteiger partial charge >= 0.3 is 0 Å². The molecule has 0 aliphatic rings. The summed E-state index contributed by atoms with van der Waals surface area (Å²) in [5, 5.41) is 7.76. The Morgan fingerprint density at radius 2 is 0.923 bits per heavy atom. The molecule has 11 aromatic rings. The molecule has 0 saturated heterocycles. The molecular weight excluding hydrogens is 669 g/mol. The number of fused-ring (bicyclic) bond motifs is 9. The number of anilines is 3. The van der Waals surface area contributed by atoms with E-state index >= 15 is 0 Å². The van der Waals surface area contributed by atoms with E-state index in [1.807, 2.05) is 22.7 Å². The van der Waals surface area contributed by atoms with Crippen LogP contribution in [0.4, 0.5) is 17.1 Å². The van der Waals surface area contributed by atoms with E-state index in [9.17, 15) is 0 Å². The molecule has 0 spiro atoms. The molecule has 244 valence electrons. The van der Waals surface area contributed by atoms with Crippen molar-refractivity contribution in [1.82, 2.24) is 4.57 Å². The maximum atomic E-state index is 2.46. The van der Waals surface area contributed by atoms with Crippen molar-refractivity contribution in [2.24, 2.45) is 0 Å². The lowest BCUT2D eigenvalue weighted by Gasteiger charge is -2.26. The first-order valence-corrected chi connectivity index (χ1v) is 19.2. The summed E-state index contributed by atoms with van der Waals surface area (Å²) in [5.41, 5.74) is 9.42. The van der Waals surface area contributed by atoms with Crippen molar-refractivity contribution in [1.29, 1.82) is 0 Å². The van der Waals surface area contributed by atoms with Crippen molar-refractivity contribution >= 4 is 102 Å². The highest BCUT2D eigenvalue weighted by Gasteiger charge is 2.20. The van der Waals surface area contributed by atoms with Crippen molar-refractivity contribution in [2.45, 2.75) is 0 Å². The van der Waals surface area contributed by atoms with E-state index in [-0.39, 0.29) is 0 Å². The largest absolute Gasteiger partial charge is 0.309 e. The zero-order valence-electron chi connectivity index (χ0n) is 28.0. The van der Waals surface area contributed by atoms with Crippen molar-refractivity contribution in [3.63, 3.8) is 0 Å². The lowest BCUT2D eigenvalue weighted by Crippen LogP contribution is -2.10. The van der Waals surface area contributed by atoms with E-state index in [0.717, 1.165) is 17.1 Å². The summed E-state index contributed by atoms with van der Waals surface area (Å²) in [6, 6.07) is 66.7. The Labute approximate surface area is 308 Å². The zero-order chi connectivity index (χ0) is 34.2. The van der Waals surface area contributed by atoms with Gasteiger partial charge in [0, 0.05) is 63.5 Å². The highest BCUT2D eigenvalue weighted by Crippen LogP contribution is 2.47. The van der Waals surface area contributed by atoms with Crippen molar-refractivity contribution in [2.75, 3.05) is 4.90 Å². The molecule has 3 heterocycles. The summed E-state index contributed by atoms with van der Waals surface area (Å²) in [6.45, 7) is 0. The molecule has 3 aromatic heterocycles. The average Bonchev–Trinajstić information content (AvgIpc) is 3.88. The summed E-state index contributed by atoms with van der Waals surface area (Å²) >= 11 is 3.74. The Kier molecular flexibility index (Phi) is 6.63. The number of rotatable bonds is 5. The Hall–Kier alpha value is -6.20. The number of hydrogen-bond acceptors (Lipinski definition) is 3. The maximum Gasteiger partial charge on any atom is 0.0640 e. The van der Waals surface area contributed by atoms with Gasteiger partial charge in [-0.3, -0.25) is 0 Å². The standard InChI is InChI=1S/C48H30N2S2/c1-5-21-42-36(16-1)37-17-2-6-22-43(37)50(42)34-15-10-13-32(29-34)31-12-9-14-33(28-31)49(35-26-27-40-38-18-3-7-24-45(38)51-47(40)30-35)44-23-11-20-41-39-19-4-8-25-46(39)52-48(41)44/h1-30H. The lowest BCUT2D eigenvalue weighted by molar-refractivity contribution is 1.18. The molecule has 0 bridgehead atoms. The van der Waals surface area contributed by atoms with E-state index < -0.39 is 0 Å². The Bertz CT molecular complexity index is 3110. The van der Waals surface area contributed by atoms with E-state index in [4.69, 9.17) is 0 Å². The molecule has 0 unspecified atom stereocenters. The van der Waals surface area contributed by atoms with E-state index in [1.54, 1.807) is 0 Å². The van der Waals surface area contributed by atoms with E-state index in [1.165, 1.54) is 79.0 Å². The molecule has 11 rings (SSSR count). The summed E-state index contributed by atoms with van der Waals surface area (Å²) < 4.78 is 7.60. The molecular formula is C48H30N2S2. The minimum Gasteiger partial charge on any atom is -0.309 e. The van der Waals surface area contributed by atoms with Crippen LogP contribution >= 0.6 is 22.7 Å². The van der Waals surface area contributed by atoms with Gasteiger partial charge in [-0.05, 0) is 77.9 Å². The monoisotopic (exact) mass is 698 g/mol. The van der Waals surface area contributed by atoms with Gasteiger partial charge < -0.3 is 9.47 Å². The smallest absolute Gasteiger partial charge is 0.0640 e. The van der Waals surface area contributed by atoms with Gasteiger partial charge in [0.25, 0.3) is 0 Å². The Morgan fingerprint density at radius 3 is 1.69 bits per heavy atom. The summed E-state index contributed by atoms with van der Waals surface area (Å²) in [4.78, 5) is 2.46. The van der Waals surface area contributed by atoms with Crippen LogP contribution in [0.15, 0.2) is 182 Å². The quantitative estimate of drug-likeness (QED) is 0.174. The first-order valence-electron chi connectivity index (χ1n) is 17.6. The molecule has 0 saturated carbocycles. The Balaban J connectivity index is 1.10. The number of aromatic nitrogens is 1. The van der Waals surface area contributed by atoms with Crippen molar-refractivity contribution in [3.8, 4) is 16.8 Å². The van der Waals surface area contributed by atoms with Gasteiger partial charge in [-0.15, -0.1) is 22.7 Å². The van der Waals surface area contributed by atoms with Crippen LogP contribution in [0.5, 0.6) is 0 Å². The van der Waals surface area contributed by atoms with Crippen LogP contribution in [-0.2, 0) is 0 Å². The third-order valence-corrected chi connectivity index (χ3v) is 12.7. The fraction of sp³-hybridized carbons (Fsp3) is 0.